The largest absolute Gasteiger partial charge is 0.355 e. The summed E-state index contributed by atoms with van der Waals surface area (Å²) in [4.78, 5) is 0. The summed E-state index contributed by atoms with van der Waals surface area (Å²) in [6, 6.07) is 4.20. The van der Waals surface area contributed by atoms with Crippen molar-refractivity contribution in [3.8, 4) is 0 Å². The van der Waals surface area contributed by atoms with Crippen molar-refractivity contribution in [1.82, 2.24) is 5.16 Å². The van der Waals surface area contributed by atoms with Crippen molar-refractivity contribution < 1.29 is 4.52 Å². The molecule has 0 unspecified atom stereocenters. The first-order chi connectivity index (χ1) is 6.24. The molecule has 1 heterocycles. The Hall–Kier alpha value is -0.580. The minimum absolute atomic E-state index is 0.923. The third-order valence-electron chi connectivity index (χ3n) is 2.18. The predicted octanol–water partition coefficient (Wildman–Crippen LogP) is 3.30. The molecule has 0 radical (unpaired) electrons. The van der Waals surface area contributed by atoms with Crippen LogP contribution in [0.5, 0.6) is 0 Å². The molecule has 0 fully saturated rings. The topological polar surface area (TPSA) is 26.0 Å². The molecule has 0 amide bonds. The minimum Gasteiger partial charge on any atom is -0.355 e. The van der Waals surface area contributed by atoms with Crippen molar-refractivity contribution in [2.24, 2.45) is 0 Å². The molecular formula is C10H10INO. The Balaban J connectivity index is 2.81. The quantitative estimate of drug-likeness (QED) is 0.752. The van der Waals surface area contributed by atoms with E-state index in [2.05, 4.69) is 53.7 Å². The highest BCUT2D eigenvalue weighted by molar-refractivity contribution is 14.1. The van der Waals surface area contributed by atoms with Crippen molar-refractivity contribution in [3.05, 3.63) is 27.0 Å². The van der Waals surface area contributed by atoms with Crippen LogP contribution in [0.3, 0.4) is 0 Å². The van der Waals surface area contributed by atoms with E-state index in [-0.39, 0.29) is 0 Å². The number of hydrogen-bond donors (Lipinski definition) is 0. The zero-order valence-corrected chi connectivity index (χ0v) is 9.75. The molecule has 2 rings (SSSR count). The van der Waals surface area contributed by atoms with E-state index >= 15 is 0 Å². The zero-order chi connectivity index (χ0) is 9.42. The molecule has 0 atom stereocenters. The van der Waals surface area contributed by atoms with Gasteiger partial charge in [0.25, 0.3) is 0 Å². The summed E-state index contributed by atoms with van der Waals surface area (Å²) in [6.45, 7) is 4.17. The van der Waals surface area contributed by atoms with Gasteiger partial charge >= 0.3 is 0 Å². The van der Waals surface area contributed by atoms with Gasteiger partial charge in [-0.1, -0.05) is 18.1 Å². The van der Waals surface area contributed by atoms with Gasteiger partial charge in [0.15, 0.2) is 5.58 Å². The predicted molar refractivity (Wildman–Crippen MR) is 60.8 cm³/mol. The summed E-state index contributed by atoms with van der Waals surface area (Å²) in [6.07, 6.45) is 0.923. The number of hydrogen-bond acceptors (Lipinski definition) is 2. The molecule has 13 heavy (non-hydrogen) atoms. The first kappa shape index (κ1) is 8.99. The number of nitrogens with zero attached hydrogens (tertiary/aromatic N) is 1. The van der Waals surface area contributed by atoms with Crippen LogP contribution in [0.4, 0.5) is 0 Å². The Morgan fingerprint density at radius 2 is 2.23 bits per heavy atom. The summed E-state index contributed by atoms with van der Waals surface area (Å²) in [7, 11) is 0. The highest BCUT2D eigenvalue weighted by atomic mass is 127. The van der Waals surface area contributed by atoms with Crippen molar-refractivity contribution in [3.63, 3.8) is 0 Å². The lowest BCUT2D eigenvalue weighted by molar-refractivity contribution is 0.445. The smallest absolute Gasteiger partial charge is 0.180 e. The molecule has 1 aromatic carbocycles. The molecule has 0 saturated heterocycles. The Kier molecular flexibility index (Phi) is 2.27. The molecule has 0 bridgehead atoms. The molecular weight excluding hydrogens is 277 g/mol. The molecule has 0 spiro atoms. The standard InChI is InChI=1S/C10H10INO/c1-3-8-7-5-4-6(2)9(11)10(7)13-12-8/h4-5H,3H2,1-2H3. The fraction of sp³-hybridized carbons (Fsp3) is 0.300. The van der Waals surface area contributed by atoms with Gasteiger partial charge in [0, 0.05) is 5.39 Å². The molecule has 68 valence electrons. The molecule has 0 aliphatic rings. The van der Waals surface area contributed by atoms with Gasteiger partial charge in [0.2, 0.25) is 0 Å². The normalized spacial score (nSPS) is 11.0. The van der Waals surface area contributed by atoms with E-state index in [9.17, 15) is 0 Å². The van der Waals surface area contributed by atoms with Gasteiger partial charge in [-0.3, -0.25) is 0 Å². The fourth-order valence-corrected chi connectivity index (χ4v) is 1.94. The Labute approximate surface area is 90.4 Å². The Morgan fingerprint density at radius 3 is 2.92 bits per heavy atom. The van der Waals surface area contributed by atoms with Crippen LogP contribution in [-0.2, 0) is 6.42 Å². The van der Waals surface area contributed by atoms with Crippen molar-refractivity contribution in [2.45, 2.75) is 20.3 Å². The second-order valence-corrected chi connectivity index (χ2v) is 4.13. The first-order valence-electron chi connectivity index (χ1n) is 4.27. The van der Waals surface area contributed by atoms with Crippen LogP contribution in [0.15, 0.2) is 16.7 Å². The summed E-state index contributed by atoms with van der Waals surface area (Å²) >= 11 is 2.30. The molecule has 3 heteroatoms. The molecule has 0 aliphatic carbocycles. The molecule has 2 nitrogen and oxygen atoms in total. The number of aryl methyl sites for hydroxylation is 2. The monoisotopic (exact) mass is 287 g/mol. The second-order valence-electron chi connectivity index (χ2n) is 3.06. The van der Waals surface area contributed by atoms with Crippen molar-refractivity contribution in [2.75, 3.05) is 0 Å². The minimum atomic E-state index is 0.923. The van der Waals surface area contributed by atoms with Crippen LogP contribution in [0.1, 0.15) is 18.2 Å². The fourth-order valence-electron chi connectivity index (χ4n) is 1.38. The van der Waals surface area contributed by atoms with E-state index in [1.807, 2.05) is 0 Å². The first-order valence-corrected chi connectivity index (χ1v) is 5.35. The SMILES string of the molecule is CCc1noc2c(I)c(C)ccc12. The van der Waals surface area contributed by atoms with Crippen LogP contribution < -0.4 is 0 Å². The lowest BCUT2D eigenvalue weighted by Gasteiger charge is -1.96. The van der Waals surface area contributed by atoms with Gasteiger partial charge in [-0.05, 0) is 47.6 Å². The highest BCUT2D eigenvalue weighted by Gasteiger charge is 2.10. The van der Waals surface area contributed by atoms with E-state index in [0.717, 1.165) is 23.1 Å². The van der Waals surface area contributed by atoms with Crippen molar-refractivity contribution >= 4 is 33.6 Å². The number of halogens is 1. The van der Waals surface area contributed by atoms with Crippen LogP contribution in [0.25, 0.3) is 11.0 Å². The van der Waals surface area contributed by atoms with Crippen LogP contribution in [0, 0.1) is 10.5 Å². The second kappa shape index (κ2) is 3.29. The average molecular weight is 287 g/mol. The molecule has 0 N–H and O–H groups in total. The van der Waals surface area contributed by atoms with Crippen LogP contribution >= 0.6 is 22.6 Å². The summed E-state index contributed by atoms with van der Waals surface area (Å²) in [5.41, 5.74) is 3.22. The number of rotatable bonds is 1. The van der Waals surface area contributed by atoms with E-state index in [1.165, 1.54) is 9.13 Å². The van der Waals surface area contributed by atoms with Gasteiger partial charge in [0.05, 0.1) is 9.26 Å². The molecule has 0 aliphatic heterocycles. The van der Waals surface area contributed by atoms with Gasteiger partial charge < -0.3 is 4.52 Å². The van der Waals surface area contributed by atoms with Gasteiger partial charge in [-0.25, -0.2) is 0 Å². The average Bonchev–Trinajstić information content (AvgIpc) is 2.55. The number of fused-ring (bicyclic) bond motifs is 1. The lowest BCUT2D eigenvalue weighted by Crippen LogP contribution is -1.82. The summed E-state index contributed by atoms with van der Waals surface area (Å²) in [5, 5.41) is 5.19. The maximum Gasteiger partial charge on any atom is 0.180 e. The van der Waals surface area contributed by atoms with E-state index in [1.54, 1.807) is 0 Å². The van der Waals surface area contributed by atoms with Crippen LogP contribution in [-0.4, -0.2) is 5.16 Å². The highest BCUT2D eigenvalue weighted by Crippen LogP contribution is 2.26. The Bertz CT molecular complexity index is 447. The van der Waals surface area contributed by atoms with Gasteiger partial charge in [0.1, 0.15) is 0 Å². The molecule has 2 aromatic rings. The maximum absolute atomic E-state index is 5.29. The molecule has 1 aromatic heterocycles. The third kappa shape index (κ3) is 1.35. The van der Waals surface area contributed by atoms with E-state index in [0.29, 0.717) is 0 Å². The van der Waals surface area contributed by atoms with E-state index < -0.39 is 0 Å². The lowest BCUT2D eigenvalue weighted by atomic mass is 10.1. The number of aromatic nitrogens is 1. The zero-order valence-electron chi connectivity index (χ0n) is 7.60. The summed E-state index contributed by atoms with van der Waals surface area (Å²) < 4.78 is 6.46. The molecule has 0 saturated carbocycles. The summed E-state index contributed by atoms with van der Waals surface area (Å²) in [5.74, 6) is 0. The van der Waals surface area contributed by atoms with Gasteiger partial charge in [-0.15, -0.1) is 0 Å². The van der Waals surface area contributed by atoms with E-state index in [4.69, 9.17) is 4.52 Å². The van der Waals surface area contributed by atoms with Crippen LogP contribution in [0.2, 0.25) is 0 Å². The van der Waals surface area contributed by atoms with Gasteiger partial charge in [-0.2, -0.15) is 0 Å². The van der Waals surface area contributed by atoms with Crippen molar-refractivity contribution in [1.29, 1.82) is 0 Å². The Morgan fingerprint density at radius 1 is 1.46 bits per heavy atom. The third-order valence-corrected chi connectivity index (χ3v) is 3.52. The maximum atomic E-state index is 5.29. The number of benzene rings is 1.